The molecule has 0 aliphatic carbocycles. The van der Waals surface area contributed by atoms with Crippen LogP contribution >= 0.6 is 0 Å². The molecule has 0 bridgehead atoms. The Morgan fingerprint density at radius 1 is 1.30 bits per heavy atom. The van der Waals surface area contributed by atoms with Gasteiger partial charge in [-0.25, -0.2) is 4.79 Å². The molecular weight excluding hydrogens is 132 g/mol. The maximum atomic E-state index is 10.8. The normalized spacial score (nSPS) is 33.0. The van der Waals surface area contributed by atoms with Gasteiger partial charge in [-0.1, -0.05) is 6.92 Å². The lowest BCUT2D eigenvalue weighted by Gasteiger charge is -2.25. The van der Waals surface area contributed by atoms with Gasteiger partial charge in [0.15, 0.2) is 0 Å². The van der Waals surface area contributed by atoms with Crippen LogP contribution in [0, 0.1) is 5.92 Å². The minimum absolute atomic E-state index is 0.0544. The number of carbonyl (C=O) groups excluding carboxylic acids is 2. The Kier molecular flexibility index (Phi) is 1.61. The van der Waals surface area contributed by atoms with Crippen molar-refractivity contribution in [2.24, 2.45) is 5.92 Å². The SMILES string of the molecule is C[C@@H]1NC(=O)NC(=O)[C@@H]1C. The highest BCUT2D eigenvalue weighted by atomic mass is 16.2. The van der Waals surface area contributed by atoms with Crippen molar-refractivity contribution in [3.05, 3.63) is 0 Å². The summed E-state index contributed by atoms with van der Waals surface area (Å²) in [6, 6.07) is -0.447. The molecule has 1 fully saturated rings. The number of rotatable bonds is 0. The molecular formula is C6H10N2O2. The number of imide groups is 1. The first-order chi connectivity index (χ1) is 4.61. The van der Waals surface area contributed by atoms with Crippen LogP contribution in [0.5, 0.6) is 0 Å². The molecule has 56 valence electrons. The number of hydrogen-bond acceptors (Lipinski definition) is 2. The van der Waals surface area contributed by atoms with E-state index in [-0.39, 0.29) is 17.9 Å². The maximum absolute atomic E-state index is 10.8. The van der Waals surface area contributed by atoms with E-state index in [1.54, 1.807) is 13.8 Å². The van der Waals surface area contributed by atoms with E-state index >= 15 is 0 Å². The second-order valence-electron chi connectivity index (χ2n) is 2.54. The summed E-state index contributed by atoms with van der Waals surface area (Å²) in [7, 11) is 0. The van der Waals surface area contributed by atoms with Crippen molar-refractivity contribution < 1.29 is 9.59 Å². The summed E-state index contributed by atoms with van der Waals surface area (Å²) in [6.45, 7) is 3.58. The van der Waals surface area contributed by atoms with Crippen molar-refractivity contribution in [3.63, 3.8) is 0 Å². The quantitative estimate of drug-likeness (QED) is 0.494. The zero-order valence-corrected chi connectivity index (χ0v) is 5.97. The highest BCUT2D eigenvalue weighted by molar-refractivity contribution is 5.98. The zero-order chi connectivity index (χ0) is 7.72. The molecule has 0 radical (unpaired) electrons. The lowest BCUT2D eigenvalue weighted by atomic mass is 10.0. The molecule has 1 aliphatic heterocycles. The van der Waals surface area contributed by atoms with Crippen LogP contribution in [-0.4, -0.2) is 18.0 Å². The van der Waals surface area contributed by atoms with Gasteiger partial charge in [0.05, 0.1) is 5.92 Å². The molecule has 1 heterocycles. The molecule has 0 saturated carbocycles. The van der Waals surface area contributed by atoms with E-state index in [0.29, 0.717) is 0 Å². The molecule has 0 aromatic heterocycles. The van der Waals surface area contributed by atoms with Crippen LogP contribution in [0.4, 0.5) is 4.79 Å². The van der Waals surface area contributed by atoms with Crippen LogP contribution in [0.25, 0.3) is 0 Å². The topological polar surface area (TPSA) is 58.2 Å². The molecule has 0 spiro atoms. The average molecular weight is 142 g/mol. The Labute approximate surface area is 59.0 Å². The van der Waals surface area contributed by atoms with Crippen LogP contribution in [0.1, 0.15) is 13.8 Å². The molecule has 10 heavy (non-hydrogen) atoms. The molecule has 0 aromatic rings. The predicted molar refractivity (Wildman–Crippen MR) is 35.3 cm³/mol. The van der Waals surface area contributed by atoms with Gasteiger partial charge in [0.1, 0.15) is 0 Å². The number of amides is 3. The summed E-state index contributed by atoms with van der Waals surface area (Å²) < 4.78 is 0. The van der Waals surface area contributed by atoms with Crippen molar-refractivity contribution in [2.45, 2.75) is 19.9 Å². The lowest BCUT2D eigenvalue weighted by Crippen LogP contribution is -2.56. The van der Waals surface area contributed by atoms with Gasteiger partial charge in [-0.3, -0.25) is 10.1 Å². The molecule has 2 N–H and O–H groups in total. The van der Waals surface area contributed by atoms with Crippen molar-refractivity contribution in [2.75, 3.05) is 0 Å². The van der Waals surface area contributed by atoms with E-state index < -0.39 is 6.03 Å². The highest BCUT2D eigenvalue weighted by Crippen LogP contribution is 2.05. The molecule has 0 aromatic carbocycles. The summed E-state index contributed by atoms with van der Waals surface area (Å²) in [5.74, 6) is -0.325. The van der Waals surface area contributed by atoms with Crippen LogP contribution in [0.3, 0.4) is 0 Å². The molecule has 3 amide bonds. The maximum Gasteiger partial charge on any atom is 0.321 e. The Morgan fingerprint density at radius 2 is 1.90 bits per heavy atom. The molecule has 1 aliphatic rings. The summed E-state index contributed by atoms with van der Waals surface area (Å²) in [5.41, 5.74) is 0. The third-order valence-electron chi connectivity index (χ3n) is 1.76. The Morgan fingerprint density at radius 3 is 2.40 bits per heavy atom. The van der Waals surface area contributed by atoms with E-state index in [4.69, 9.17) is 0 Å². The van der Waals surface area contributed by atoms with Gasteiger partial charge in [0.2, 0.25) is 5.91 Å². The summed E-state index contributed by atoms with van der Waals surface area (Å²) in [6.07, 6.45) is 0. The van der Waals surface area contributed by atoms with E-state index in [1.165, 1.54) is 0 Å². The average Bonchev–Trinajstić information content (AvgIpc) is 1.82. The predicted octanol–water partition coefficient (Wildman–Crippen LogP) is -0.150. The fraction of sp³-hybridized carbons (Fsp3) is 0.667. The number of urea groups is 1. The summed E-state index contributed by atoms with van der Waals surface area (Å²) in [4.78, 5) is 21.4. The first-order valence-electron chi connectivity index (χ1n) is 3.22. The monoisotopic (exact) mass is 142 g/mol. The van der Waals surface area contributed by atoms with Crippen LogP contribution in [0.15, 0.2) is 0 Å². The number of carbonyl (C=O) groups is 2. The fourth-order valence-corrected chi connectivity index (χ4v) is 0.821. The highest BCUT2D eigenvalue weighted by Gasteiger charge is 2.27. The van der Waals surface area contributed by atoms with Gasteiger partial charge in [-0.2, -0.15) is 0 Å². The van der Waals surface area contributed by atoms with Gasteiger partial charge in [0.25, 0.3) is 0 Å². The van der Waals surface area contributed by atoms with Crippen molar-refractivity contribution in [1.82, 2.24) is 10.6 Å². The van der Waals surface area contributed by atoms with Crippen molar-refractivity contribution in [1.29, 1.82) is 0 Å². The van der Waals surface area contributed by atoms with Gasteiger partial charge in [-0.15, -0.1) is 0 Å². The third-order valence-corrected chi connectivity index (χ3v) is 1.76. The lowest BCUT2D eigenvalue weighted by molar-refractivity contribution is -0.124. The summed E-state index contributed by atoms with van der Waals surface area (Å²) >= 11 is 0. The molecule has 0 unspecified atom stereocenters. The second kappa shape index (κ2) is 2.28. The summed E-state index contributed by atoms with van der Waals surface area (Å²) in [5, 5.41) is 4.76. The Balaban J connectivity index is 2.66. The van der Waals surface area contributed by atoms with Crippen LogP contribution in [0.2, 0.25) is 0 Å². The first kappa shape index (κ1) is 7.05. The van der Waals surface area contributed by atoms with Gasteiger partial charge in [-0.05, 0) is 6.92 Å². The molecule has 4 nitrogen and oxygen atoms in total. The minimum atomic E-state index is -0.393. The van der Waals surface area contributed by atoms with Gasteiger partial charge >= 0.3 is 6.03 Å². The molecule has 1 rings (SSSR count). The van der Waals surface area contributed by atoms with Crippen LogP contribution < -0.4 is 10.6 Å². The van der Waals surface area contributed by atoms with Gasteiger partial charge < -0.3 is 5.32 Å². The first-order valence-corrected chi connectivity index (χ1v) is 3.22. The van der Waals surface area contributed by atoms with Crippen LogP contribution in [-0.2, 0) is 4.79 Å². The van der Waals surface area contributed by atoms with Gasteiger partial charge in [0, 0.05) is 6.04 Å². The van der Waals surface area contributed by atoms with Crippen molar-refractivity contribution in [3.8, 4) is 0 Å². The zero-order valence-electron chi connectivity index (χ0n) is 5.97. The standard InChI is InChI=1S/C6H10N2O2/c1-3-4(2)7-6(10)8-5(3)9/h3-4H,1-2H3,(H2,7,8,9,10)/t3-,4+/m1/s1. The Hall–Kier alpha value is -1.06. The fourth-order valence-electron chi connectivity index (χ4n) is 0.821. The largest absolute Gasteiger partial charge is 0.335 e. The number of nitrogens with one attached hydrogen (secondary N) is 2. The number of hydrogen-bond donors (Lipinski definition) is 2. The third kappa shape index (κ3) is 1.10. The molecule has 2 atom stereocenters. The van der Waals surface area contributed by atoms with E-state index in [0.717, 1.165) is 0 Å². The van der Waals surface area contributed by atoms with E-state index in [1.807, 2.05) is 0 Å². The van der Waals surface area contributed by atoms with E-state index in [2.05, 4.69) is 10.6 Å². The molecule has 1 saturated heterocycles. The molecule has 4 heteroatoms. The second-order valence-corrected chi connectivity index (χ2v) is 2.54. The smallest absolute Gasteiger partial charge is 0.321 e. The van der Waals surface area contributed by atoms with Crippen molar-refractivity contribution >= 4 is 11.9 Å². The van der Waals surface area contributed by atoms with E-state index in [9.17, 15) is 9.59 Å². The Bertz CT molecular complexity index is 179. The minimum Gasteiger partial charge on any atom is -0.335 e.